The maximum Gasteiger partial charge on any atom is 0.0705 e. The van der Waals surface area contributed by atoms with Gasteiger partial charge in [-0.25, -0.2) is 0 Å². The van der Waals surface area contributed by atoms with Crippen LogP contribution in [-0.2, 0) is 13.5 Å². The lowest BCUT2D eigenvalue weighted by Gasteiger charge is -2.10. The molecule has 1 saturated carbocycles. The highest BCUT2D eigenvalue weighted by Crippen LogP contribution is 2.22. The molecule has 1 unspecified atom stereocenters. The van der Waals surface area contributed by atoms with Crippen LogP contribution in [0.15, 0.2) is 24.3 Å². The number of fused-ring (bicyclic) bond motifs is 1. The molecule has 102 valence electrons. The molecular weight excluding hydrogens is 234 g/mol. The molecule has 1 atom stereocenters. The molecule has 3 heteroatoms. The smallest absolute Gasteiger partial charge is 0.0705 e. The van der Waals surface area contributed by atoms with Gasteiger partial charge in [-0.2, -0.15) is 5.10 Å². The van der Waals surface area contributed by atoms with Crippen LogP contribution in [0.3, 0.4) is 0 Å². The van der Waals surface area contributed by atoms with E-state index >= 15 is 0 Å². The van der Waals surface area contributed by atoms with Gasteiger partial charge in [-0.1, -0.05) is 25.1 Å². The standard InChI is InChI=1S/C16H23N3/c1-12(9-10-17-13-7-8-13)11-15-14-5-3-4-6-16(14)19(2)18-15/h3-6,12-13,17H,7-11H2,1-2H3. The number of aromatic nitrogens is 2. The average molecular weight is 257 g/mol. The third kappa shape index (κ3) is 2.98. The van der Waals surface area contributed by atoms with Crippen molar-refractivity contribution in [2.75, 3.05) is 6.54 Å². The molecule has 1 aliphatic carbocycles. The van der Waals surface area contributed by atoms with Crippen molar-refractivity contribution in [3.63, 3.8) is 0 Å². The highest BCUT2D eigenvalue weighted by Gasteiger charge is 2.20. The fourth-order valence-corrected chi connectivity index (χ4v) is 2.69. The molecule has 2 aromatic rings. The van der Waals surface area contributed by atoms with E-state index in [0.29, 0.717) is 5.92 Å². The highest BCUT2D eigenvalue weighted by atomic mass is 15.3. The fraction of sp³-hybridized carbons (Fsp3) is 0.562. The van der Waals surface area contributed by atoms with Crippen molar-refractivity contribution in [1.82, 2.24) is 15.1 Å². The van der Waals surface area contributed by atoms with Gasteiger partial charge in [0.15, 0.2) is 0 Å². The number of nitrogens with zero attached hydrogens (tertiary/aromatic N) is 2. The molecule has 3 rings (SSSR count). The van der Waals surface area contributed by atoms with Gasteiger partial charge in [-0.15, -0.1) is 0 Å². The van der Waals surface area contributed by atoms with E-state index in [2.05, 4.69) is 41.6 Å². The van der Waals surface area contributed by atoms with Crippen LogP contribution >= 0.6 is 0 Å². The van der Waals surface area contributed by atoms with Crippen LogP contribution in [0, 0.1) is 5.92 Å². The van der Waals surface area contributed by atoms with E-state index in [1.165, 1.54) is 35.9 Å². The van der Waals surface area contributed by atoms with Crippen molar-refractivity contribution < 1.29 is 0 Å². The van der Waals surface area contributed by atoms with E-state index in [0.717, 1.165) is 19.0 Å². The van der Waals surface area contributed by atoms with Gasteiger partial charge >= 0.3 is 0 Å². The summed E-state index contributed by atoms with van der Waals surface area (Å²) in [5.74, 6) is 0.685. The van der Waals surface area contributed by atoms with Crippen molar-refractivity contribution in [3.05, 3.63) is 30.0 Å². The van der Waals surface area contributed by atoms with Gasteiger partial charge in [0, 0.05) is 18.5 Å². The first-order chi connectivity index (χ1) is 9.24. The lowest BCUT2D eigenvalue weighted by atomic mass is 10.00. The molecule has 0 spiro atoms. The van der Waals surface area contributed by atoms with Gasteiger partial charge in [-0.05, 0) is 44.2 Å². The lowest BCUT2D eigenvalue weighted by Crippen LogP contribution is -2.20. The summed E-state index contributed by atoms with van der Waals surface area (Å²) in [6.07, 6.45) is 5.06. The Hall–Kier alpha value is -1.35. The number of hydrogen-bond donors (Lipinski definition) is 1. The van der Waals surface area contributed by atoms with Gasteiger partial charge in [0.2, 0.25) is 0 Å². The SMILES string of the molecule is CC(CCNC1CC1)Cc1nn(C)c2ccccc12. The van der Waals surface area contributed by atoms with Gasteiger partial charge in [-0.3, -0.25) is 4.68 Å². The minimum Gasteiger partial charge on any atom is -0.314 e. The van der Waals surface area contributed by atoms with Crippen LogP contribution in [0.5, 0.6) is 0 Å². The summed E-state index contributed by atoms with van der Waals surface area (Å²) in [6, 6.07) is 9.34. The van der Waals surface area contributed by atoms with Crippen molar-refractivity contribution in [1.29, 1.82) is 0 Å². The van der Waals surface area contributed by atoms with E-state index < -0.39 is 0 Å². The number of para-hydroxylation sites is 1. The Labute approximate surface area is 115 Å². The Bertz CT molecular complexity index is 554. The largest absolute Gasteiger partial charge is 0.314 e. The third-order valence-electron chi connectivity index (χ3n) is 4.02. The Morgan fingerprint density at radius 2 is 2.16 bits per heavy atom. The lowest BCUT2D eigenvalue weighted by molar-refractivity contribution is 0.492. The molecule has 1 N–H and O–H groups in total. The van der Waals surface area contributed by atoms with E-state index in [1.807, 2.05) is 11.7 Å². The number of aryl methyl sites for hydroxylation is 1. The molecular formula is C16H23N3. The second-order valence-electron chi connectivity index (χ2n) is 5.91. The number of nitrogens with one attached hydrogen (secondary N) is 1. The summed E-state index contributed by atoms with van der Waals surface area (Å²) >= 11 is 0. The number of benzene rings is 1. The van der Waals surface area contributed by atoms with Gasteiger partial charge in [0.05, 0.1) is 11.2 Å². The Balaban J connectivity index is 1.63. The molecule has 1 aromatic heterocycles. The van der Waals surface area contributed by atoms with Crippen LogP contribution in [0.1, 0.15) is 31.9 Å². The quantitative estimate of drug-likeness (QED) is 0.862. The number of hydrogen-bond acceptors (Lipinski definition) is 2. The van der Waals surface area contributed by atoms with Crippen molar-refractivity contribution in [3.8, 4) is 0 Å². The average Bonchev–Trinajstić information content (AvgIpc) is 3.17. The topological polar surface area (TPSA) is 29.9 Å². The summed E-state index contributed by atoms with van der Waals surface area (Å²) in [6.45, 7) is 3.48. The first-order valence-electron chi connectivity index (χ1n) is 7.38. The first-order valence-corrected chi connectivity index (χ1v) is 7.38. The monoisotopic (exact) mass is 257 g/mol. The van der Waals surface area contributed by atoms with Gasteiger partial charge in [0.25, 0.3) is 0 Å². The normalized spacial score (nSPS) is 16.9. The molecule has 1 fully saturated rings. The molecule has 0 bridgehead atoms. The third-order valence-corrected chi connectivity index (χ3v) is 4.02. The van der Waals surface area contributed by atoms with E-state index in [9.17, 15) is 0 Å². The van der Waals surface area contributed by atoms with Crippen LogP contribution in [0.2, 0.25) is 0 Å². The molecule has 1 aliphatic rings. The van der Waals surface area contributed by atoms with Crippen LogP contribution in [-0.4, -0.2) is 22.4 Å². The van der Waals surface area contributed by atoms with Crippen LogP contribution in [0.4, 0.5) is 0 Å². The van der Waals surface area contributed by atoms with Crippen molar-refractivity contribution in [2.24, 2.45) is 13.0 Å². The Morgan fingerprint density at radius 1 is 1.37 bits per heavy atom. The molecule has 1 heterocycles. The molecule has 1 aromatic carbocycles. The minimum absolute atomic E-state index is 0.685. The Morgan fingerprint density at radius 3 is 2.95 bits per heavy atom. The van der Waals surface area contributed by atoms with E-state index in [1.54, 1.807) is 0 Å². The summed E-state index contributed by atoms with van der Waals surface area (Å²) in [4.78, 5) is 0. The van der Waals surface area contributed by atoms with Crippen molar-refractivity contribution in [2.45, 2.75) is 38.6 Å². The molecule has 19 heavy (non-hydrogen) atoms. The van der Waals surface area contributed by atoms with Crippen LogP contribution < -0.4 is 5.32 Å². The molecule has 3 nitrogen and oxygen atoms in total. The zero-order valence-corrected chi connectivity index (χ0v) is 11.9. The molecule has 0 saturated heterocycles. The zero-order chi connectivity index (χ0) is 13.2. The van der Waals surface area contributed by atoms with Gasteiger partial charge in [0.1, 0.15) is 0 Å². The summed E-state index contributed by atoms with van der Waals surface area (Å²) in [5, 5.41) is 9.58. The molecule has 0 aliphatic heterocycles. The molecule has 0 radical (unpaired) electrons. The van der Waals surface area contributed by atoms with Crippen LogP contribution in [0.25, 0.3) is 10.9 Å². The van der Waals surface area contributed by atoms with Gasteiger partial charge < -0.3 is 5.32 Å². The second-order valence-corrected chi connectivity index (χ2v) is 5.91. The predicted octanol–water partition coefficient (Wildman–Crippen LogP) is 2.89. The van der Waals surface area contributed by atoms with E-state index in [-0.39, 0.29) is 0 Å². The predicted molar refractivity (Wildman–Crippen MR) is 79.2 cm³/mol. The summed E-state index contributed by atoms with van der Waals surface area (Å²) < 4.78 is 2.00. The summed E-state index contributed by atoms with van der Waals surface area (Å²) in [5.41, 5.74) is 2.48. The highest BCUT2D eigenvalue weighted by molar-refractivity contribution is 5.81. The summed E-state index contributed by atoms with van der Waals surface area (Å²) in [7, 11) is 2.03. The number of rotatable bonds is 6. The Kier molecular flexibility index (Phi) is 3.56. The van der Waals surface area contributed by atoms with E-state index in [4.69, 9.17) is 0 Å². The minimum atomic E-state index is 0.685. The zero-order valence-electron chi connectivity index (χ0n) is 11.9. The van der Waals surface area contributed by atoms with Crippen molar-refractivity contribution >= 4 is 10.9 Å². The second kappa shape index (κ2) is 5.33. The fourth-order valence-electron chi connectivity index (χ4n) is 2.69. The molecule has 0 amide bonds. The first kappa shape index (κ1) is 12.7. The maximum atomic E-state index is 4.68. The maximum absolute atomic E-state index is 4.68.